The lowest BCUT2D eigenvalue weighted by atomic mass is 9.77. The fraction of sp³-hybridized carbons (Fsp3) is 0.300. The molecule has 2 heterocycles. The van der Waals surface area contributed by atoms with Gasteiger partial charge in [0.05, 0.1) is 5.69 Å². The Morgan fingerprint density at radius 1 is 1.31 bits per heavy atom. The Hall–Kier alpha value is -2.53. The number of hydrogen-bond donors (Lipinski definition) is 3. The van der Waals surface area contributed by atoms with Gasteiger partial charge in [-0.25, -0.2) is 0 Å². The number of carboxylic acids is 1. The summed E-state index contributed by atoms with van der Waals surface area (Å²) in [6.45, 7) is 1.65. The Balaban J connectivity index is 1.86. The molecule has 0 saturated carbocycles. The molecule has 2 aromatic rings. The normalized spacial score (nSPS) is 19.6. The van der Waals surface area contributed by atoms with Gasteiger partial charge >= 0.3 is 5.97 Å². The number of amides is 1. The Kier molecular flexibility index (Phi) is 3.92. The van der Waals surface area contributed by atoms with Crippen LogP contribution in [0.2, 0.25) is 5.02 Å². The third kappa shape index (κ3) is 2.54. The molecular weight excluding hydrogens is 352 g/mol. The predicted molar refractivity (Wildman–Crippen MR) is 100 cm³/mol. The van der Waals surface area contributed by atoms with Crippen molar-refractivity contribution in [3.8, 4) is 0 Å². The van der Waals surface area contributed by atoms with E-state index in [1.54, 1.807) is 37.4 Å². The number of carboxylic acid groups (broad SMARTS) is 1. The number of carbonyl (C=O) groups excluding carboxylic acids is 1. The molecule has 4 rings (SSSR count). The average molecular weight is 371 g/mol. The number of aromatic nitrogens is 1. The van der Waals surface area contributed by atoms with E-state index in [4.69, 9.17) is 11.6 Å². The second-order valence-electron chi connectivity index (χ2n) is 7.08. The van der Waals surface area contributed by atoms with Crippen LogP contribution >= 0.6 is 11.6 Å². The number of benzene rings is 1. The molecular formula is C20H19ClN2O3. The number of halogens is 1. The predicted octanol–water partition coefficient (Wildman–Crippen LogP) is 3.92. The van der Waals surface area contributed by atoms with Crippen LogP contribution in [-0.4, -0.2) is 22.0 Å². The number of carbonyl (C=O) groups is 2. The van der Waals surface area contributed by atoms with Crippen molar-refractivity contribution in [2.24, 2.45) is 0 Å². The number of hydrogen-bond acceptors (Lipinski definition) is 2. The molecule has 1 amide bonds. The van der Waals surface area contributed by atoms with Gasteiger partial charge < -0.3 is 15.4 Å². The third-order valence-corrected chi connectivity index (χ3v) is 5.62. The first-order chi connectivity index (χ1) is 12.4. The van der Waals surface area contributed by atoms with Crippen molar-refractivity contribution in [1.29, 1.82) is 0 Å². The Morgan fingerprint density at radius 3 is 2.85 bits per heavy atom. The Morgan fingerprint density at radius 2 is 2.08 bits per heavy atom. The monoisotopic (exact) mass is 370 g/mol. The molecule has 1 aliphatic carbocycles. The van der Waals surface area contributed by atoms with Gasteiger partial charge in [-0.05, 0) is 61.9 Å². The third-order valence-electron chi connectivity index (χ3n) is 5.39. The number of H-pyrrole nitrogens is 1. The van der Waals surface area contributed by atoms with Gasteiger partial charge in [0.1, 0.15) is 5.41 Å². The summed E-state index contributed by atoms with van der Waals surface area (Å²) in [7, 11) is 0. The molecule has 6 heteroatoms. The van der Waals surface area contributed by atoms with Crippen LogP contribution in [0, 0.1) is 0 Å². The van der Waals surface area contributed by atoms with E-state index >= 15 is 0 Å². The van der Waals surface area contributed by atoms with Crippen LogP contribution in [0.4, 0.5) is 5.69 Å². The van der Waals surface area contributed by atoms with Crippen LogP contribution < -0.4 is 5.32 Å². The highest BCUT2D eigenvalue weighted by Gasteiger charge is 2.39. The van der Waals surface area contributed by atoms with E-state index in [2.05, 4.69) is 10.3 Å². The molecule has 134 valence electrons. The van der Waals surface area contributed by atoms with Crippen molar-refractivity contribution in [2.75, 3.05) is 5.32 Å². The summed E-state index contributed by atoms with van der Waals surface area (Å²) in [5, 5.41) is 13.3. The fourth-order valence-electron chi connectivity index (χ4n) is 3.92. The van der Waals surface area contributed by atoms with Crippen LogP contribution in [0.15, 0.2) is 30.5 Å². The maximum absolute atomic E-state index is 12.5. The van der Waals surface area contributed by atoms with E-state index in [9.17, 15) is 14.7 Å². The van der Waals surface area contributed by atoms with Gasteiger partial charge in [-0.3, -0.25) is 9.59 Å². The molecule has 0 saturated heterocycles. The quantitative estimate of drug-likeness (QED) is 0.716. The summed E-state index contributed by atoms with van der Waals surface area (Å²) in [4.78, 5) is 28.0. The topological polar surface area (TPSA) is 82.2 Å². The van der Waals surface area contributed by atoms with Crippen molar-refractivity contribution < 1.29 is 14.7 Å². The highest BCUT2D eigenvalue weighted by atomic mass is 35.5. The first-order valence-electron chi connectivity index (χ1n) is 8.67. The zero-order valence-corrected chi connectivity index (χ0v) is 15.1. The summed E-state index contributed by atoms with van der Waals surface area (Å²) in [5.74, 6) is -1.29. The van der Waals surface area contributed by atoms with Crippen molar-refractivity contribution in [1.82, 2.24) is 4.98 Å². The molecule has 0 fully saturated rings. The van der Waals surface area contributed by atoms with Gasteiger partial charge in [-0.1, -0.05) is 17.7 Å². The fourth-order valence-corrected chi connectivity index (χ4v) is 4.10. The molecule has 5 nitrogen and oxygen atoms in total. The van der Waals surface area contributed by atoms with Gasteiger partial charge in [-0.15, -0.1) is 0 Å². The van der Waals surface area contributed by atoms with E-state index in [-0.39, 0.29) is 5.91 Å². The van der Waals surface area contributed by atoms with Gasteiger partial charge in [-0.2, -0.15) is 0 Å². The maximum Gasteiger partial charge on any atom is 0.317 e. The molecule has 2 aliphatic rings. The molecule has 0 radical (unpaired) electrons. The van der Waals surface area contributed by atoms with Gasteiger partial charge in [0.15, 0.2) is 0 Å². The maximum atomic E-state index is 12.5. The summed E-state index contributed by atoms with van der Waals surface area (Å²) < 4.78 is 0. The first-order valence-corrected chi connectivity index (χ1v) is 9.05. The molecule has 0 spiro atoms. The average Bonchev–Trinajstić information content (AvgIpc) is 3.16. The smallest absolute Gasteiger partial charge is 0.317 e. The molecule has 3 N–H and O–H groups in total. The van der Waals surface area contributed by atoms with Crippen LogP contribution in [0.25, 0.3) is 5.57 Å². The lowest BCUT2D eigenvalue weighted by Gasteiger charge is -2.24. The summed E-state index contributed by atoms with van der Waals surface area (Å²) in [5.41, 5.74) is 3.28. The van der Waals surface area contributed by atoms with Crippen LogP contribution in [0.3, 0.4) is 0 Å². The molecule has 1 aliphatic heterocycles. The molecule has 1 aromatic heterocycles. The molecule has 0 bridgehead atoms. The summed E-state index contributed by atoms with van der Waals surface area (Å²) in [6, 6.07) is 5.12. The molecule has 1 atom stereocenters. The van der Waals surface area contributed by atoms with E-state index in [1.807, 2.05) is 0 Å². The summed E-state index contributed by atoms with van der Waals surface area (Å²) in [6.07, 6.45) is 7.31. The molecule has 26 heavy (non-hydrogen) atoms. The summed E-state index contributed by atoms with van der Waals surface area (Å²) >= 11 is 5.99. The van der Waals surface area contributed by atoms with Gasteiger partial charge in [0.25, 0.3) is 5.91 Å². The Labute approximate surface area is 156 Å². The van der Waals surface area contributed by atoms with E-state index < -0.39 is 11.4 Å². The van der Waals surface area contributed by atoms with Crippen molar-refractivity contribution in [3.63, 3.8) is 0 Å². The standard InChI is InChI=1S/C20H19ClN2O3/c1-20(19(25)26,15-10-22-16-5-3-2-4-13(15)16)9-14-12-7-6-11(21)8-17(12)23-18(14)24/h6-10,22H,2-5H2,1H3,(H,23,24)(H,25,26). The SMILES string of the molecule is CC(C=C1C(=O)Nc2cc(Cl)ccc21)(C(=O)O)c1c[nH]c2c1CCCC2. The zero-order chi connectivity index (χ0) is 18.5. The minimum absolute atomic E-state index is 0.306. The number of aliphatic carboxylic acids is 1. The van der Waals surface area contributed by atoms with Crippen LogP contribution in [-0.2, 0) is 27.8 Å². The van der Waals surface area contributed by atoms with E-state index in [0.717, 1.165) is 42.5 Å². The number of aryl methyl sites for hydroxylation is 1. The lowest BCUT2D eigenvalue weighted by Crippen LogP contribution is -2.32. The largest absolute Gasteiger partial charge is 0.480 e. The van der Waals surface area contributed by atoms with Crippen molar-refractivity contribution >= 4 is 34.7 Å². The van der Waals surface area contributed by atoms with Gasteiger partial charge in [0, 0.05) is 28.0 Å². The van der Waals surface area contributed by atoms with E-state index in [1.165, 1.54) is 0 Å². The van der Waals surface area contributed by atoms with Crippen molar-refractivity contribution in [2.45, 2.75) is 38.0 Å². The Bertz CT molecular complexity index is 960. The highest BCUT2D eigenvalue weighted by molar-refractivity contribution is 6.34. The minimum Gasteiger partial charge on any atom is -0.480 e. The highest BCUT2D eigenvalue weighted by Crippen LogP contribution is 2.40. The molecule has 1 unspecified atom stereocenters. The number of fused-ring (bicyclic) bond motifs is 2. The lowest BCUT2D eigenvalue weighted by molar-refractivity contribution is -0.141. The van der Waals surface area contributed by atoms with Crippen LogP contribution in [0.5, 0.6) is 0 Å². The second kappa shape index (κ2) is 6.02. The van der Waals surface area contributed by atoms with Crippen LogP contribution in [0.1, 0.15) is 42.1 Å². The molecule has 1 aromatic carbocycles. The van der Waals surface area contributed by atoms with Gasteiger partial charge in [0.2, 0.25) is 0 Å². The van der Waals surface area contributed by atoms with Crippen molar-refractivity contribution in [3.05, 3.63) is 57.9 Å². The zero-order valence-electron chi connectivity index (χ0n) is 14.4. The number of rotatable bonds is 3. The number of aromatic amines is 1. The second-order valence-corrected chi connectivity index (χ2v) is 7.51. The first kappa shape index (κ1) is 16.9. The minimum atomic E-state index is -1.30. The number of anilines is 1. The van der Waals surface area contributed by atoms with E-state index in [0.29, 0.717) is 21.8 Å². The number of nitrogens with one attached hydrogen (secondary N) is 2.